The first-order valence-corrected chi connectivity index (χ1v) is 9.31. The van der Waals surface area contributed by atoms with E-state index in [0.29, 0.717) is 5.69 Å². The maximum atomic E-state index is 12.4. The standard InChI is InChI=1S/C20H31N3O4/c1-12-15(11-16(24)25)13(2)18(23-9-7-21-8-10-23)14(3)17(12)22-19(26)27-20(4,5)6/h21H,7-11H2,1-6H3,(H,22,26)(H,24,25). The van der Waals surface area contributed by atoms with Gasteiger partial charge >= 0.3 is 12.1 Å². The van der Waals surface area contributed by atoms with Gasteiger partial charge in [-0.25, -0.2) is 4.79 Å². The van der Waals surface area contributed by atoms with E-state index < -0.39 is 17.7 Å². The molecule has 150 valence electrons. The number of hydrogen-bond donors (Lipinski definition) is 3. The van der Waals surface area contributed by atoms with E-state index >= 15 is 0 Å². The molecule has 1 aromatic carbocycles. The Bertz CT molecular complexity index is 732. The second-order valence-electron chi connectivity index (χ2n) is 8.01. The second kappa shape index (κ2) is 8.17. The SMILES string of the molecule is Cc1c(CC(=O)O)c(C)c(N2CCNCC2)c(C)c1NC(=O)OC(C)(C)C. The summed E-state index contributed by atoms with van der Waals surface area (Å²) < 4.78 is 5.40. The smallest absolute Gasteiger partial charge is 0.412 e. The van der Waals surface area contributed by atoms with Gasteiger partial charge in [0.05, 0.1) is 12.1 Å². The molecule has 7 nitrogen and oxygen atoms in total. The number of amides is 1. The number of hydrogen-bond acceptors (Lipinski definition) is 5. The van der Waals surface area contributed by atoms with Crippen molar-refractivity contribution in [3.63, 3.8) is 0 Å². The lowest BCUT2D eigenvalue weighted by Gasteiger charge is -2.34. The van der Waals surface area contributed by atoms with Gasteiger partial charge in [-0.3, -0.25) is 10.1 Å². The molecule has 0 atom stereocenters. The number of anilines is 2. The molecule has 27 heavy (non-hydrogen) atoms. The van der Waals surface area contributed by atoms with Gasteiger partial charge in [0.25, 0.3) is 0 Å². The van der Waals surface area contributed by atoms with E-state index in [1.165, 1.54) is 0 Å². The Morgan fingerprint density at radius 2 is 1.70 bits per heavy atom. The van der Waals surface area contributed by atoms with Crippen molar-refractivity contribution < 1.29 is 19.4 Å². The van der Waals surface area contributed by atoms with E-state index in [2.05, 4.69) is 15.5 Å². The van der Waals surface area contributed by atoms with Gasteiger partial charge in [0, 0.05) is 31.9 Å². The van der Waals surface area contributed by atoms with E-state index in [1.807, 2.05) is 41.5 Å². The molecule has 1 amide bonds. The van der Waals surface area contributed by atoms with Crippen molar-refractivity contribution in [2.24, 2.45) is 0 Å². The summed E-state index contributed by atoms with van der Waals surface area (Å²) in [6, 6.07) is 0. The van der Waals surface area contributed by atoms with Crippen LogP contribution in [0.25, 0.3) is 0 Å². The second-order valence-corrected chi connectivity index (χ2v) is 8.01. The number of nitrogens with zero attached hydrogens (tertiary/aromatic N) is 1. The molecule has 0 saturated carbocycles. The number of carboxylic acid groups (broad SMARTS) is 1. The van der Waals surface area contributed by atoms with Gasteiger partial charge in [0.1, 0.15) is 5.60 Å². The number of carbonyl (C=O) groups is 2. The first kappa shape index (κ1) is 21.0. The fraction of sp³-hybridized carbons (Fsp3) is 0.600. The monoisotopic (exact) mass is 377 g/mol. The predicted octanol–water partition coefficient (Wildman–Crippen LogP) is 3.00. The zero-order valence-corrected chi connectivity index (χ0v) is 17.2. The van der Waals surface area contributed by atoms with Gasteiger partial charge in [-0.1, -0.05) is 0 Å². The average molecular weight is 377 g/mol. The minimum absolute atomic E-state index is 0.0833. The fourth-order valence-corrected chi connectivity index (χ4v) is 3.63. The molecule has 7 heteroatoms. The third-order valence-corrected chi connectivity index (χ3v) is 4.75. The lowest BCUT2D eigenvalue weighted by atomic mass is 9.92. The van der Waals surface area contributed by atoms with E-state index in [0.717, 1.165) is 54.1 Å². The molecule has 1 aromatic rings. The Kier molecular flexibility index (Phi) is 6.36. The summed E-state index contributed by atoms with van der Waals surface area (Å²) in [7, 11) is 0. The van der Waals surface area contributed by atoms with Crippen molar-refractivity contribution in [3.05, 3.63) is 22.3 Å². The quantitative estimate of drug-likeness (QED) is 0.747. The largest absolute Gasteiger partial charge is 0.481 e. The number of nitrogens with one attached hydrogen (secondary N) is 2. The van der Waals surface area contributed by atoms with E-state index in [9.17, 15) is 14.7 Å². The van der Waals surface area contributed by atoms with Crippen LogP contribution in [0, 0.1) is 20.8 Å². The number of carbonyl (C=O) groups excluding carboxylic acids is 1. The number of carboxylic acids is 1. The molecule has 0 aliphatic carbocycles. The zero-order valence-electron chi connectivity index (χ0n) is 17.2. The molecule has 1 saturated heterocycles. The molecule has 2 rings (SSSR count). The van der Waals surface area contributed by atoms with Gasteiger partial charge in [-0.2, -0.15) is 0 Å². The highest BCUT2D eigenvalue weighted by Gasteiger charge is 2.25. The molecule has 0 spiro atoms. The molecule has 3 N–H and O–H groups in total. The minimum Gasteiger partial charge on any atom is -0.481 e. The van der Waals surface area contributed by atoms with Crippen molar-refractivity contribution >= 4 is 23.4 Å². The summed E-state index contributed by atoms with van der Waals surface area (Å²) in [5.41, 5.74) is 4.45. The molecule has 0 aromatic heterocycles. The molecule has 1 aliphatic rings. The van der Waals surface area contributed by atoms with Crippen LogP contribution < -0.4 is 15.5 Å². The number of benzene rings is 1. The summed E-state index contributed by atoms with van der Waals surface area (Å²) in [5, 5.41) is 15.6. The summed E-state index contributed by atoms with van der Waals surface area (Å²) in [4.78, 5) is 26.1. The topological polar surface area (TPSA) is 90.9 Å². The van der Waals surface area contributed by atoms with Crippen molar-refractivity contribution in [1.29, 1.82) is 0 Å². The van der Waals surface area contributed by atoms with Crippen LogP contribution in [0.2, 0.25) is 0 Å². The summed E-state index contributed by atoms with van der Waals surface area (Å²) >= 11 is 0. The van der Waals surface area contributed by atoms with E-state index in [4.69, 9.17) is 4.74 Å². The van der Waals surface area contributed by atoms with E-state index in [-0.39, 0.29) is 6.42 Å². The number of aliphatic carboxylic acids is 1. The van der Waals surface area contributed by atoms with Gasteiger partial charge in [0.15, 0.2) is 0 Å². The number of ether oxygens (including phenoxy) is 1. The maximum Gasteiger partial charge on any atom is 0.412 e. The van der Waals surface area contributed by atoms with Crippen LogP contribution in [0.5, 0.6) is 0 Å². The molecule has 0 bridgehead atoms. The Morgan fingerprint density at radius 3 is 2.22 bits per heavy atom. The van der Waals surface area contributed by atoms with Crippen LogP contribution >= 0.6 is 0 Å². The van der Waals surface area contributed by atoms with Gasteiger partial charge < -0.3 is 20.1 Å². The summed E-state index contributed by atoms with van der Waals surface area (Å²) in [6.45, 7) is 14.6. The highest BCUT2D eigenvalue weighted by molar-refractivity contribution is 5.91. The minimum atomic E-state index is -0.889. The van der Waals surface area contributed by atoms with Crippen LogP contribution in [0.1, 0.15) is 43.0 Å². The predicted molar refractivity (Wildman–Crippen MR) is 107 cm³/mol. The van der Waals surface area contributed by atoms with Gasteiger partial charge in [-0.15, -0.1) is 0 Å². The lowest BCUT2D eigenvalue weighted by molar-refractivity contribution is -0.136. The molecule has 0 radical (unpaired) electrons. The highest BCUT2D eigenvalue weighted by Crippen LogP contribution is 2.37. The zero-order chi connectivity index (χ0) is 20.4. The van der Waals surface area contributed by atoms with Crippen LogP contribution in [0.3, 0.4) is 0 Å². The normalized spacial score (nSPS) is 14.8. The van der Waals surface area contributed by atoms with Crippen molar-refractivity contribution in [2.75, 3.05) is 36.4 Å². The lowest BCUT2D eigenvalue weighted by Crippen LogP contribution is -2.44. The molecular formula is C20H31N3O4. The van der Waals surface area contributed by atoms with Crippen LogP contribution in [-0.4, -0.2) is 48.9 Å². The number of rotatable bonds is 4. The van der Waals surface area contributed by atoms with Crippen LogP contribution in [0.15, 0.2) is 0 Å². The van der Waals surface area contributed by atoms with E-state index in [1.54, 1.807) is 0 Å². The van der Waals surface area contributed by atoms with Crippen LogP contribution in [0.4, 0.5) is 16.2 Å². The first-order chi connectivity index (χ1) is 12.5. The Hall–Kier alpha value is -2.28. The molecule has 1 heterocycles. The van der Waals surface area contributed by atoms with Crippen molar-refractivity contribution in [2.45, 2.75) is 53.6 Å². The molecular weight excluding hydrogens is 346 g/mol. The fourth-order valence-electron chi connectivity index (χ4n) is 3.63. The Labute approximate surface area is 161 Å². The number of piperazine rings is 1. The summed E-state index contributed by atoms with van der Waals surface area (Å²) in [6.07, 6.45) is -0.620. The van der Waals surface area contributed by atoms with Crippen LogP contribution in [-0.2, 0) is 16.0 Å². The first-order valence-electron chi connectivity index (χ1n) is 9.31. The molecule has 1 fully saturated rings. The average Bonchev–Trinajstić information content (AvgIpc) is 2.55. The summed E-state index contributed by atoms with van der Waals surface area (Å²) in [5.74, 6) is -0.889. The van der Waals surface area contributed by atoms with Gasteiger partial charge in [-0.05, 0) is 63.8 Å². The molecule has 0 unspecified atom stereocenters. The maximum absolute atomic E-state index is 12.4. The third-order valence-electron chi connectivity index (χ3n) is 4.75. The Balaban J connectivity index is 2.53. The highest BCUT2D eigenvalue weighted by atomic mass is 16.6. The van der Waals surface area contributed by atoms with Crippen molar-refractivity contribution in [3.8, 4) is 0 Å². The van der Waals surface area contributed by atoms with Crippen molar-refractivity contribution in [1.82, 2.24) is 5.32 Å². The Morgan fingerprint density at radius 1 is 1.11 bits per heavy atom. The molecule has 1 aliphatic heterocycles. The van der Waals surface area contributed by atoms with Gasteiger partial charge in [0.2, 0.25) is 0 Å². The third kappa shape index (κ3) is 5.13.